The van der Waals surface area contributed by atoms with E-state index in [9.17, 15) is 19.3 Å². The van der Waals surface area contributed by atoms with Crippen LogP contribution in [0.3, 0.4) is 0 Å². The second-order valence-electron chi connectivity index (χ2n) is 7.70. The Morgan fingerprint density at radius 1 is 1.20 bits per heavy atom. The van der Waals surface area contributed by atoms with Gasteiger partial charge in [-0.05, 0) is 49.3 Å². The monoisotopic (exact) mass is 413 g/mol. The van der Waals surface area contributed by atoms with E-state index < -0.39 is 16.6 Å². The van der Waals surface area contributed by atoms with Gasteiger partial charge in [0.2, 0.25) is 0 Å². The van der Waals surface area contributed by atoms with Gasteiger partial charge in [0.05, 0.1) is 10.6 Å². The maximum Gasteiger partial charge on any atom is 0.293 e. The molecule has 0 unspecified atom stereocenters. The van der Waals surface area contributed by atoms with Gasteiger partial charge in [0, 0.05) is 44.4 Å². The molecule has 1 fully saturated rings. The lowest BCUT2D eigenvalue weighted by molar-refractivity contribution is -0.384. The molecular weight excluding hydrogens is 389 g/mol. The zero-order valence-electron chi connectivity index (χ0n) is 16.8. The fourth-order valence-corrected chi connectivity index (χ4v) is 3.95. The van der Waals surface area contributed by atoms with Crippen LogP contribution < -0.4 is 15.5 Å². The van der Waals surface area contributed by atoms with E-state index in [4.69, 9.17) is 0 Å². The van der Waals surface area contributed by atoms with Crippen molar-refractivity contribution in [2.75, 3.05) is 50.0 Å². The van der Waals surface area contributed by atoms with E-state index in [1.165, 1.54) is 12.1 Å². The molecule has 0 atom stereocenters. The zero-order valence-corrected chi connectivity index (χ0v) is 16.8. The predicted molar refractivity (Wildman–Crippen MR) is 113 cm³/mol. The summed E-state index contributed by atoms with van der Waals surface area (Å²) in [4.78, 5) is 28.0. The molecule has 30 heavy (non-hydrogen) atoms. The molecule has 9 heteroatoms. The summed E-state index contributed by atoms with van der Waals surface area (Å²) in [7, 11) is 2.01. The first-order valence-corrected chi connectivity index (χ1v) is 9.98. The van der Waals surface area contributed by atoms with E-state index in [0.717, 1.165) is 18.7 Å². The molecule has 2 aliphatic heterocycles. The van der Waals surface area contributed by atoms with Crippen LogP contribution in [-0.4, -0.2) is 55.5 Å². The summed E-state index contributed by atoms with van der Waals surface area (Å²) < 4.78 is 14.8. The number of nitrogens with one attached hydrogen (secondary N) is 2. The van der Waals surface area contributed by atoms with Crippen LogP contribution in [0.25, 0.3) is 0 Å². The maximum absolute atomic E-state index is 14.8. The predicted octanol–water partition coefficient (Wildman–Crippen LogP) is 2.38. The average Bonchev–Trinajstić information content (AvgIpc) is 2.76. The third-order valence-corrected chi connectivity index (χ3v) is 5.73. The van der Waals surface area contributed by atoms with Gasteiger partial charge in [-0.1, -0.05) is 6.07 Å². The van der Waals surface area contributed by atoms with Crippen LogP contribution in [0.2, 0.25) is 0 Å². The Balaban J connectivity index is 1.57. The number of amides is 1. The SMILES string of the molecule is CN1CCN(c2ccc(C(=O)Nc3ccc4c(c3F)CCNC4)cc2[N+](=O)[O-])CC1. The molecule has 0 bridgehead atoms. The normalized spacial score (nSPS) is 16.8. The number of piperazine rings is 1. The molecular formula is C21H24FN5O3. The Hall–Kier alpha value is -3.04. The number of anilines is 2. The molecule has 0 saturated carbocycles. The first kappa shape index (κ1) is 20.2. The number of halogens is 1. The van der Waals surface area contributed by atoms with Crippen molar-refractivity contribution in [1.82, 2.24) is 10.2 Å². The summed E-state index contributed by atoms with van der Waals surface area (Å²) in [6.07, 6.45) is 0.552. The number of rotatable bonds is 4. The quantitative estimate of drug-likeness (QED) is 0.591. The highest BCUT2D eigenvalue weighted by molar-refractivity contribution is 6.05. The molecule has 0 spiro atoms. The maximum atomic E-state index is 14.8. The molecule has 1 saturated heterocycles. The van der Waals surface area contributed by atoms with E-state index in [0.29, 0.717) is 43.9 Å². The van der Waals surface area contributed by atoms with E-state index in [-0.39, 0.29) is 16.9 Å². The van der Waals surface area contributed by atoms with Crippen LogP contribution in [0.1, 0.15) is 21.5 Å². The van der Waals surface area contributed by atoms with Crippen LogP contribution >= 0.6 is 0 Å². The lowest BCUT2D eigenvalue weighted by Gasteiger charge is -2.33. The highest BCUT2D eigenvalue weighted by Crippen LogP contribution is 2.31. The number of hydrogen-bond acceptors (Lipinski definition) is 6. The second kappa shape index (κ2) is 8.37. The van der Waals surface area contributed by atoms with Crippen molar-refractivity contribution in [3.8, 4) is 0 Å². The summed E-state index contributed by atoms with van der Waals surface area (Å²) in [5, 5.41) is 17.4. The summed E-state index contributed by atoms with van der Waals surface area (Å²) in [6, 6.07) is 7.75. The highest BCUT2D eigenvalue weighted by Gasteiger charge is 2.25. The molecule has 2 N–H and O–H groups in total. The summed E-state index contributed by atoms with van der Waals surface area (Å²) >= 11 is 0. The molecule has 0 aromatic heterocycles. The van der Waals surface area contributed by atoms with E-state index in [1.54, 1.807) is 18.2 Å². The van der Waals surface area contributed by atoms with Crippen molar-refractivity contribution in [2.45, 2.75) is 13.0 Å². The van der Waals surface area contributed by atoms with Gasteiger partial charge in [0.15, 0.2) is 0 Å². The highest BCUT2D eigenvalue weighted by atomic mass is 19.1. The second-order valence-corrected chi connectivity index (χ2v) is 7.70. The number of likely N-dealkylation sites (N-methyl/N-ethyl adjacent to an activating group) is 1. The number of nitrogens with zero attached hydrogens (tertiary/aromatic N) is 3. The van der Waals surface area contributed by atoms with Crippen LogP contribution in [-0.2, 0) is 13.0 Å². The van der Waals surface area contributed by atoms with Gasteiger partial charge in [-0.2, -0.15) is 0 Å². The van der Waals surface area contributed by atoms with Gasteiger partial charge in [0.25, 0.3) is 11.6 Å². The van der Waals surface area contributed by atoms with Crippen LogP contribution in [0.4, 0.5) is 21.5 Å². The Bertz CT molecular complexity index is 989. The van der Waals surface area contributed by atoms with Crippen LogP contribution in [0.5, 0.6) is 0 Å². The van der Waals surface area contributed by atoms with Crippen LogP contribution in [0.15, 0.2) is 30.3 Å². The number of nitro benzene ring substituents is 1. The van der Waals surface area contributed by atoms with Crippen molar-refractivity contribution >= 4 is 23.0 Å². The molecule has 4 rings (SSSR count). The number of benzene rings is 2. The van der Waals surface area contributed by atoms with Gasteiger partial charge < -0.3 is 20.4 Å². The van der Waals surface area contributed by atoms with Crippen molar-refractivity contribution in [3.05, 3.63) is 63.0 Å². The fraction of sp³-hybridized carbons (Fsp3) is 0.381. The number of nitro groups is 1. The average molecular weight is 413 g/mol. The van der Waals surface area contributed by atoms with Gasteiger partial charge >= 0.3 is 0 Å². The third-order valence-electron chi connectivity index (χ3n) is 5.73. The summed E-state index contributed by atoms with van der Waals surface area (Å²) in [6.45, 7) is 4.26. The lowest BCUT2D eigenvalue weighted by Crippen LogP contribution is -2.44. The number of carbonyl (C=O) groups is 1. The van der Waals surface area contributed by atoms with Crippen molar-refractivity contribution < 1.29 is 14.1 Å². The molecule has 8 nitrogen and oxygen atoms in total. The van der Waals surface area contributed by atoms with Gasteiger partial charge in [-0.25, -0.2) is 4.39 Å². The van der Waals surface area contributed by atoms with Crippen molar-refractivity contribution in [3.63, 3.8) is 0 Å². The fourth-order valence-electron chi connectivity index (χ4n) is 3.95. The molecule has 0 radical (unpaired) electrons. The zero-order chi connectivity index (χ0) is 21.3. The summed E-state index contributed by atoms with van der Waals surface area (Å²) in [5.74, 6) is -1.01. The Labute approximate surface area is 173 Å². The molecule has 2 aromatic rings. The van der Waals surface area contributed by atoms with E-state index in [1.807, 2.05) is 11.9 Å². The third kappa shape index (κ3) is 3.99. The van der Waals surface area contributed by atoms with Gasteiger partial charge in [-0.3, -0.25) is 14.9 Å². The van der Waals surface area contributed by atoms with Gasteiger partial charge in [-0.15, -0.1) is 0 Å². The van der Waals surface area contributed by atoms with E-state index >= 15 is 0 Å². The Kier molecular flexibility index (Phi) is 5.65. The molecule has 2 aliphatic rings. The largest absolute Gasteiger partial charge is 0.363 e. The van der Waals surface area contributed by atoms with Gasteiger partial charge in [0.1, 0.15) is 11.5 Å². The smallest absolute Gasteiger partial charge is 0.293 e. The van der Waals surface area contributed by atoms with Crippen molar-refractivity contribution in [2.24, 2.45) is 0 Å². The number of carbonyl (C=O) groups excluding carboxylic acids is 1. The topological polar surface area (TPSA) is 90.8 Å². The minimum atomic E-state index is -0.573. The first-order valence-electron chi connectivity index (χ1n) is 9.98. The minimum Gasteiger partial charge on any atom is -0.363 e. The molecule has 1 amide bonds. The Morgan fingerprint density at radius 2 is 1.97 bits per heavy atom. The molecule has 2 heterocycles. The number of hydrogen-bond donors (Lipinski definition) is 2. The Morgan fingerprint density at radius 3 is 2.70 bits per heavy atom. The molecule has 158 valence electrons. The standard InChI is InChI=1S/C21H24FN5O3/c1-25-8-10-26(11-9-25)18-5-3-14(12-19(18)27(29)30)21(28)24-17-4-2-15-13-23-7-6-16(15)20(17)22/h2-5,12,23H,6-11,13H2,1H3,(H,24,28). The molecule has 2 aromatic carbocycles. The molecule has 0 aliphatic carbocycles. The first-order chi connectivity index (χ1) is 14.4. The minimum absolute atomic E-state index is 0.0893. The van der Waals surface area contributed by atoms with Crippen LogP contribution in [0, 0.1) is 15.9 Å². The number of fused-ring (bicyclic) bond motifs is 1. The van der Waals surface area contributed by atoms with E-state index in [2.05, 4.69) is 15.5 Å². The summed E-state index contributed by atoms with van der Waals surface area (Å²) in [5.41, 5.74) is 2.07. The lowest BCUT2D eigenvalue weighted by atomic mass is 9.99. The van der Waals surface area contributed by atoms with Crippen molar-refractivity contribution in [1.29, 1.82) is 0 Å².